The van der Waals surface area contributed by atoms with Gasteiger partial charge in [0, 0.05) is 42.7 Å². The average Bonchev–Trinajstić information content (AvgIpc) is 3.50. The standard InChI is InChI=1S/C24H27N5O5S/c1-13(2)10-28-22-18(20(30)27(4)23(28)32)17(21(31)29-11-24(3,33)12-34-29)16(35-22)8-14-9-26-19-15(14)6-5-7-25-19/h5-7,9,13,33H,8,10-12H2,1-4H3,(H,25,26)/t24-/m0/s1. The number of carbonyl (C=O) groups is 1. The van der Waals surface area contributed by atoms with E-state index in [0.29, 0.717) is 22.7 Å². The number of carbonyl (C=O) groups excluding carboxylic acids is 1. The van der Waals surface area contributed by atoms with Crippen LogP contribution in [0.4, 0.5) is 0 Å². The normalized spacial score (nSPS) is 18.4. The largest absolute Gasteiger partial charge is 0.386 e. The average molecular weight is 498 g/mol. The Kier molecular flexibility index (Phi) is 5.65. The monoisotopic (exact) mass is 497 g/mol. The van der Waals surface area contributed by atoms with E-state index in [9.17, 15) is 19.5 Å². The van der Waals surface area contributed by atoms with Crippen LogP contribution in [0.1, 0.15) is 41.6 Å². The molecule has 5 rings (SSSR count). The number of hydrogen-bond acceptors (Lipinski definition) is 7. The number of nitrogens with one attached hydrogen (secondary N) is 1. The van der Waals surface area contributed by atoms with Crippen LogP contribution in [0.25, 0.3) is 21.3 Å². The van der Waals surface area contributed by atoms with Crippen molar-refractivity contribution < 1.29 is 14.7 Å². The topological polar surface area (TPSA) is 122 Å². The fraction of sp³-hybridized carbons (Fsp3) is 0.417. The summed E-state index contributed by atoms with van der Waals surface area (Å²) in [6, 6.07) is 3.78. The second kappa shape index (κ2) is 8.43. The van der Waals surface area contributed by atoms with E-state index in [2.05, 4.69) is 9.97 Å². The SMILES string of the molecule is CC(C)Cn1c(=O)n(C)c(=O)c2c(C(=O)N3C[C@](C)(O)CO3)c(Cc3c[nH]c4ncccc34)sc21. The number of rotatable bonds is 5. The molecule has 1 amide bonds. The highest BCUT2D eigenvalue weighted by molar-refractivity contribution is 7.19. The number of nitrogens with zero attached hydrogens (tertiary/aromatic N) is 4. The highest BCUT2D eigenvalue weighted by Gasteiger charge is 2.38. The van der Waals surface area contributed by atoms with Crippen LogP contribution in [0.2, 0.25) is 0 Å². The molecule has 184 valence electrons. The Labute approximate surface area is 204 Å². The Hall–Kier alpha value is -3.28. The number of fused-ring (bicyclic) bond motifs is 2. The van der Waals surface area contributed by atoms with Gasteiger partial charge in [-0.15, -0.1) is 11.3 Å². The molecule has 1 atom stereocenters. The molecule has 0 unspecified atom stereocenters. The van der Waals surface area contributed by atoms with E-state index in [4.69, 9.17) is 4.84 Å². The molecule has 1 aliphatic heterocycles. The highest BCUT2D eigenvalue weighted by Crippen LogP contribution is 2.34. The van der Waals surface area contributed by atoms with Gasteiger partial charge in [-0.05, 0) is 30.5 Å². The highest BCUT2D eigenvalue weighted by atomic mass is 32.1. The van der Waals surface area contributed by atoms with E-state index in [-0.39, 0.29) is 30.0 Å². The fourth-order valence-electron chi connectivity index (χ4n) is 4.46. The van der Waals surface area contributed by atoms with Gasteiger partial charge in [-0.25, -0.2) is 14.8 Å². The number of hydroxylamine groups is 2. The maximum absolute atomic E-state index is 13.7. The number of β-amino-alcohol motifs (C(OH)–C–C–N with tert-alkyl or cyclic N) is 1. The van der Waals surface area contributed by atoms with E-state index < -0.39 is 22.8 Å². The van der Waals surface area contributed by atoms with Gasteiger partial charge in [0.15, 0.2) is 0 Å². The quantitative estimate of drug-likeness (QED) is 0.435. The van der Waals surface area contributed by atoms with Crippen LogP contribution in [-0.2, 0) is 24.9 Å². The second-order valence-corrected chi connectivity index (χ2v) is 10.8. The molecule has 0 bridgehead atoms. The van der Waals surface area contributed by atoms with E-state index in [1.54, 1.807) is 17.7 Å². The summed E-state index contributed by atoms with van der Waals surface area (Å²) in [7, 11) is 1.43. The maximum Gasteiger partial charge on any atom is 0.331 e. The van der Waals surface area contributed by atoms with E-state index in [1.807, 2.05) is 32.2 Å². The van der Waals surface area contributed by atoms with E-state index in [1.165, 1.54) is 18.4 Å². The molecule has 0 saturated carbocycles. The minimum absolute atomic E-state index is 0.0223. The van der Waals surface area contributed by atoms with Crippen LogP contribution in [0.5, 0.6) is 0 Å². The van der Waals surface area contributed by atoms with Gasteiger partial charge >= 0.3 is 5.69 Å². The summed E-state index contributed by atoms with van der Waals surface area (Å²) in [4.78, 5) is 54.2. The molecule has 1 fully saturated rings. The molecule has 2 N–H and O–H groups in total. The molecule has 1 aliphatic rings. The molecule has 11 heteroatoms. The first-order valence-corrected chi connectivity index (χ1v) is 12.2. The number of pyridine rings is 1. The Morgan fingerprint density at radius 3 is 2.83 bits per heavy atom. The lowest BCUT2D eigenvalue weighted by atomic mass is 10.0. The first kappa shape index (κ1) is 23.5. The predicted octanol–water partition coefficient (Wildman–Crippen LogP) is 2.02. The summed E-state index contributed by atoms with van der Waals surface area (Å²) in [5.41, 5.74) is -0.281. The molecule has 4 aromatic heterocycles. The smallest absolute Gasteiger partial charge is 0.331 e. The van der Waals surface area contributed by atoms with Crippen molar-refractivity contribution in [3.8, 4) is 0 Å². The third kappa shape index (κ3) is 3.99. The Bertz CT molecular complexity index is 1570. The molecule has 0 spiro atoms. The van der Waals surface area contributed by atoms with Crippen molar-refractivity contribution in [2.24, 2.45) is 13.0 Å². The molecule has 4 aromatic rings. The molecule has 1 saturated heterocycles. The number of H-pyrrole nitrogens is 1. The number of amides is 1. The number of aromatic amines is 1. The summed E-state index contributed by atoms with van der Waals surface area (Å²) in [5, 5.41) is 12.6. The van der Waals surface area contributed by atoms with Crippen molar-refractivity contribution in [3.05, 3.63) is 61.4 Å². The van der Waals surface area contributed by atoms with Gasteiger partial charge in [0.25, 0.3) is 11.5 Å². The molecule has 35 heavy (non-hydrogen) atoms. The molecule has 0 radical (unpaired) electrons. The molecular formula is C24H27N5O5S. The molecule has 10 nitrogen and oxygen atoms in total. The molecule has 5 heterocycles. The number of aromatic nitrogens is 4. The van der Waals surface area contributed by atoms with Gasteiger partial charge < -0.3 is 10.1 Å². The zero-order valence-corrected chi connectivity index (χ0v) is 20.8. The minimum atomic E-state index is -1.19. The zero-order chi connectivity index (χ0) is 25.1. The van der Waals surface area contributed by atoms with Crippen molar-refractivity contribution >= 4 is 38.5 Å². The maximum atomic E-state index is 13.7. The number of hydrogen-bond donors (Lipinski definition) is 2. The van der Waals surface area contributed by atoms with Crippen LogP contribution < -0.4 is 11.2 Å². The van der Waals surface area contributed by atoms with Crippen LogP contribution in [0, 0.1) is 5.92 Å². The molecule has 0 aliphatic carbocycles. The van der Waals surface area contributed by atoms with Crippen LogP contribution in [0.3, 0.4) is 0 Å². The van der Waals surface area contributed by atoms with Crippen molar-refractivity contribution in [3.63, 3.8) is 0 Å². The van der Waals surface area contributed by atoms with Gasteiger partial charge in [-0.1, -0.05) is 13.8 Å². The Morgan fingerprint density at radius 2 is 2.14 bits per heavy atom. The Morgan fingerprint density at radius 1 is 1.37 bits per heavy atom. The van der Waals surface area contributed by atoms with Gasteiger partial charge in [0.05, 0.1) is 17.5 Å². The van der Waals surface area contributed by atoms with Gasteiger partial charge in [0.2, 0.25) is 0 Å². The zero-order valence-electron chi connectivity index (χ0n) is 20.0. The molecular weight excluding hydrogens is 470 g/mol. The van der Waals surface area contributed by atoms with Crippen molar-refractivity contribution in [2.75, 3.05) is 13.2 Å². The lowest BCUT2D eigenvalue weighted by molar-refractivity contribution is -0.0796. The van der Waals surface area contributed by atoms with Crippen LogP contribution >= 0.6 is 11.3 Å². The second-order valence-electron chi connectivity index (χ2n) is 9.73. The lowest BCUT2D eigenvalue weighted by Gasteiger charge is -2.17. The van der Waals surface area contributed by atoms with Crippen molar-refractivity contribution in [2.45, 2.75) is 39.3 Å². The Balaban J connectivity index is 1.75. The fourth-order valence-corrected chi connectivity index (χ4v) is 5.76. The first-order chi connectivity index (χ1) is 16.6. The van der Waals surface area contributed by atoms with E-state index >= 15 is 0 Å². The number of aliphatic hydroxyl groups is 1. The van der Waals surface area contributed by atoms with Crippen LogP contribution in [-0.4, -0.2) is 53.9 Å². The summed E-state index contributed by atoms with van der Waals surface area (Å²) >= 11 is 1.27. The van der Waals surface area contributed by atoms with Crippen molar-refractivity contribution in [1.29, 1.82) is 0 Å². The lowest BCUT2D eigenvalue weighted by Crippen LogP contribution is -2.39. The first-order valence-electron chi connectivity index (χ1n) is 11.4. The number of thiophene rings is 1. The predicted molar refractivity (Wildman–Crippen MR) is 133 cm³/mol. The van der Waals surface area contributed by atoms with Gasteiger partial charge in [-0.3, -0.25) is 23.6 Å². The summed E-state index contributed by atoms with van der Waals surface area (Å²) in [6.07, 6.45) is 3.89. The summed E-state index contributed by atoms with van der Waals surface area (Å²) < 4.78 is 2.62. The molecule has 0 aromatic carbocycles. The minimum Gasteiger partial charge on any atom is -0.386 e. The van der Waals surface area contributed by atoms with Crippen molar-refractivity contribution in [1.82, 2.24) is 24.2 Å². The third-order valence-electron chi connectivity index (χ3n) is 6.14. The van der Waals surface area contributed by atoms with E-state index in [0.717, 1.165) is 26.2 Å². The summed E-state index contributed by atoms with van der Waals surface area (Å²) in [5.74, 6) is -0.358. The van der Waals surface area contributed by atoms with Gasteiger partial charge in [-0.2, -0.15) is 0 Å². The van der Waals surface area contributed by atoms with Crippen LogP contribution in [0.15, 0.2) is 34.1 Å². The third-order valence-corrected chi connectivity index (χ3v) is 7.35. The summed E-state index contributed by atoms with van der Waals surface area (Å²) in [6.45, 7) is 5.92. The van der Waals surface area contributed by atoms with Gasteiger partial charge in [0.1, 0.15) is 22.7 Å².